The van der Waals surface area contributed by atoms with Crippen LogP contribution in [0.4, 0.5) is 0 Å². The van der Waals surface area contributed by atoms with Crippen LogP contribution in [-0.2, 0) is 9.53 Å². The van der Waals surface area contributed by atoms with E-state index in [-0.39, 0.29) is 11.5 Å². The summed E-state index contributed by atoms with van der Waals surface area (Å²) in [5.74, 6) is 0.514. The first kappa shape index (κ1) is 12.5. The van der Waals surface area contributed by atoms with E-state index in [9.17, 15) is 4.79 Å². The van der Waals surface area contributed by atoms with Gasteiger partial charge in [-0.25, -0.2) is 0 Å². The van der Waals surface area contributed by atoms with Crippen molar-refractivity contribution in [2.45, 2.75) is 52.0 Å². The van der Waals surface area contributed by atoms with Gasteiger partial charge < -0.3 is 10.1 Å². The van der Waals surface area contributed by atoms with Gasteiger partial charge in [0, 0.05) is 0 Å². The molecule has 15 heavy (non-hydrogen) atoms. The van der Waals surface area contributed by atoms with Crippen LogP contribution in [0.2, 0.25) is 0 Å². The third kappa shape index (κ3) is 3.20. The summed E-state index contributed by atoms with van der Waals surface area (Å²) in [6.07, 6.45) is 4.12. The molecule has 0 amide bonds. The van der Waals surface area contributed by atoms with Crippen LogP contribution >= 0.6 is 0 Å². The van der Waals surface area contributed by atoms with Crippen molar-refractivity contribution < 1.29 is 9.53 Å². The van der Waals surface area contributed by atoms with Crippen LogP contribution in [0.5, 0.6) is 0 Å². The lowest BCUT2D eigenvalue weighted by molar-refractivity contribution is -0.151. The normalized spacial score (nSPS) is 19.5. The molecule has 0 unspecified atom stereocenters. The van der Waals surface area contributed by atoms with Gasteiger partial charge in [-0.15, -0.1) is 0 Å². The predicted octanol–water partition coefficient (Wildman–Crippen LogP) is 2.11. The van der Waals surface area contributed by atoms with E-state index in [1.54, 1.807) is 0 Å². The number of hydrogen-bond donors (Lipinski definition) is 1. The molecule has 3 nitrogen and oxygen atoms in total. The summed E-state index contributed by atoms with van der Waals surface area (Å²) >= 11 is 0. The highest BCUT2D eigenvalue weighted by Gasteiger charge is 2.41. The molecule has 0 atom stereocenters. The Morgan fingerprint density at radius 3 is 2.47 bits per heavy atom. The molecule has 1 saturated carbocycles. The van der Waals surface area contributed by atoms with Gasteiger partial charge >= 0.3 is 5.97 Å². The van der Waals surface area contributed by atoms with Crippen LogP contribution in [0.1, 0.15) is 46.5 Å². The third-order valence-corrected chi connectivity index (χ3v) is 2.97. The highest BCUT2D eigenvalue weighted by atomic mass is 16.5. The molecule has 0 aromatic rings. The summed E-state index contributed by atoms with van der Waals surface area (Å²) in [4.78, 5) is 11.9. The quantitative estimate of drug-likeness (QED) is 0.711. The summed E-state index contributed by atoms with van der Waals surface area (Å²) in [6.45, 7) is 7.54. The number of nitrogens with one attached hydrogen (secondary N) is 1. The molecule has 0 aromatic carbocycles. The maximum absolute atomic E-state index is 11.9. The van der Waals surface area contributed by atoms with E-state index in [1.807, 2.05) is 6.92 Å². The van der Waals surface area contributed by atoms with Gasteiger partial charge in [0.15, 0.2) is 0 Å². The topological polar surface area (TPSA) is 38.3 Å². The predicted molar refractivity (Wildman–Crippen MR) is 60.7 cm³/mol. The second kappa shape index (κ2) is 5.50. The van der Waals surface area contributed by atoms with Crippen molar-refractivity contribution >= 4 is 5.97 Å². The second-order valence-corrected chi connectivity index (χ2v) is 4.78. The number of carbonyl (C=O) groups excluding carboxylic acids is 1. The molecule has 0 aromatic heterocycles. The summed E-state index contributed by atoms with van der Waals surface area (Å²) in [6, 6.07) is 0. The highest BCUT2D eigenvalue weighted by molar-refractivity contribution is 5.81. The maximum atomic E-state index is 11.9. The molecular weight excluding hydrogens is 190 g/mol. The minimum atomic E-state index is -0.375. The maximum Gasteiger partial charge on any atom is 0.326 e. The Balaban J connectivity index is 2.57. The van der Waals surface area contributed by atoms with E-state index < -0.39 is 0 Å². The molecule has 0 aliphatic heterocycles. The summed E-state index contributed by atoms with van der Waals surface area (Å²) in [5.41, 5.74) is -0.375. The Morgan fingerprint density at radius 1 is 1.40 bits per heavy atom. The van der Waals surface area contributed by atoms with E-state index in [2.05, 4.69) is 19.2 Å². The van der Waals surface area contributed by atoms with Gasteiger partial charge in [0.1, 0.15) is 5.54 Å². The zero-order chi connectivity index (χ0) is 11.3. The standard InChI is InChI=1S/C12H23NO2/c1-4-15-11(14)12(7-5-6-8-12)13-9-10(2)3/h10,13H,4-9H2,1-3H3. The lowest BCUT2D eigenvalue weighted by atomic mass is 9.97. The largest absolute Gasteiger partial charge is 0.465 e. The van der Waals surface area contributed by atoms with Crippen molar-refractivity contribution in [3.05, 3.63) is 0 Å². The van der Waals surface area contributed by atoms with Crippen molar-refractivity contribution in [1.82, 2.24) is 5.32 Å². The van der Waals surface area contributed by atoms with Gasteiger partial charge in [0.2, 0.25) is 0 Å². The molecule has 1 aliphatic rings. The lowest BCUT2D eigenvalue weighted by Gasteiger charge is -2.28. The Kier molecular flexibility index (Phi) is 4.58. The van der Waals surface area contributed by atoms with Gasteiger partial charge in [-0.2, -0.15) is 0 Å². The van der Waals surface area contributed by atoms with Crippen LogP contribution in [0.15, 0.2) is 0 Å². The Hall–Kier alpha value is -0.570. The second-order valence-electron chi connectivity index (χ2n) is 4.78. The van der Waals surface area contributed by atoms with Crippen LogP contribution in [0, 0.1) is 5.92 Å². The van der Waals surface area contributed by atoms with E-state index >= 15 is 0 Å². The minimum Gasteiger partial charge on any atom is -0.465 e. The van der Waals surface area contributed by atoms with Gasteiger partial charge in [-0.3, -0.25) is 4.79 Å². The van der Waals surface area contributed by atoms with E-state index in [1.165, 1.54) is 0 Å². The lowest BCUT2D eigenvalue weighted by Crippen LogP contribution is -2.51. The number of carbonyl (C=O) groups is 1. The number of ether oxygens (including phenoxy) is 1. The first-order valence-electron chi connectivity index (χ1n) is 6.03. The fraction of sp³-hybridized carbons (Fsp3) is 0.917. The fourth-order valence-corrected chi connectivity index (χ4v) is 2.10. The van der Waals surface area contributed by atoms with Crippen LogP contribution in [-0.4, -0.2) is 24.7 Å². The minimum absolute atomic E-state index is 0.0526. The number of hydrogen-bond acceptors (Lipinski definition) is 3. The van der Waals surface area contributed by atoms with Crippen molar-refractivity contribution in [1.29, 1.82) is 0 Å². The molecule has 0 bridgehead atoms. The molecule has 0 spiro atoms. The molecule has 0 saturated heterocycles. The molecule has 0 radical (unpaired) electrons. The monoisotopic (exact) mass is 213 g/mol. The summed E-state index contributed by atoms with van der Waals surface area (Å²) in [5, 5.41) is 3.40. The number of esters is 1. The van der Waals surface area contributed by atoms with Crippen molar-refractivity contribution in [3.63, 3.8) is 0 Å². The Labute approximate surface area is 92.6 Å². The molecule has 1 fully saturated rings. The summed E-state index contributed by atoms with van der Waals surface area (Å²) < 4.78 is 5.16. The average molecular weight is 213 g/mol. The first-order chi connectivity index (χ1) is 7.10. The van der Waals surface area contributed by atoms with Gasteiger partial charge in [0.25, 0.3) is 0 Å². The zero-order valence-corrected chi connectivity index (χ0v) is 10.1. The molecule has 1 rings (SSSR count). The highest BCUT2D eigenvalue weighted by Crippen LogP contribution is 2.31. The molecule has 88 valence electrons. The molecule has 0 heterocycles. The Bertz CT molecular complexity index is 208. The van der Waals surface area contributed by atoms with E-state index in [0.29, 0.717) is 12.5 Å². The van der Waals surface area contributed by atoms with Crippen molar-refractivity contribution in [3.8, 4) is 0 Å². The van der Waals surface area contributed by atoms with Gasteiger partial charge in [0.05, 0.1) is 6.61 Å². The Morgan fingerprint density at radius 2 is 2.00 bits per heavy atom. The van der Waals surface area contributed by atoms with Crippen LogP contribution in [0.25, 0.3) is 0 Å². The molecule has 3 heteroatoms. The smallest absolute Gasteiger partial charge is 0.326 e. The van der Waals surface area contributed by atoms with E-state index in [4.69, 9.17) is 4.74 Å². The number of rotatable bonds is 5. The van der Waals surface area contributed by atoms with Crippen molar-refractivity contribution in [2.24, 2.45) is 5.92 Å². The fourth-order valence-electron chi connectivity index (χ4n) is 2.10. The van der Waals surface area contributed by atoms with Crippen LogP contribution < -0.4 is 5.32 Å². The summed E-state index contributed by atoms with van der Waals surface area (Å²) in [7, 11) is 0. The third-order valence-electron chi connectivity index (χ3n) is 2.97. The average Bonchev–Trinajstić information content (AvgIpc) is 2.65. The first-order valence-corrected chi connectivity index (χ1v) is 6.03. The van der Waals surface area contributed by atoms with Crippen LogP contribution in [0.3, 0.4) is 0 Å². The van der Waals surface area contributed by atoms with Gasteiger partial charge in [-0.1, -0.05) is 26.7 Å². The molecule has 1 N–H and O–H groups in total. The van der Waals surface area contributed by atoms with E-state index in [0.717, 1.165) is 32.2 Å². The zero-order valence-electron chi connectivity index (χ0n) is 10.1. The molecular formula is C12H23NO2. The van der Waals surface area contributed by atoms with Crippen molar-refractivity contribution in [2.75, 3.05) is 13.2 Å². The van der Waals surface area contributed by atoms with Gasteiger partial charge in [-0.05, 0) is 32.2 Å². The SMILES string of the molecule is CCOC(=O)C1(NCC(C)C)CCCC1. The molecule has 1 aliphatic carbocycles.